The largest absolute Gasteiger partial charge is 0.385 e. The average Bonchev–Trinajstić information content (AvgIpc) is 3.19. The molecule has 8 heteroatoms. The summed E-state index contributed by atoms with van der Waals surface area (Å²) in [5, 5.41) is 1.14. The van der Waals surface area contributed by atoms with Crippen LogP contribution in [0.5, 0.6) is 0 Å². The lowest BCUT2D eigenvalue weighted by Crippen LogP contribution is -2.43. The summed E-state index contributed by atoms with van der Waals surface area (Å²) in [5.74, 6) is -0.212. The summed E-state index contributed by atoms with van der Waals surface area (Å²) in [6, 6.07) is 17.8. The summed E-state index contributed by atoms with van der Waals surface area (Å²) in [4.78, 5) is 18.3. The molecule has 0 saturated heterocycles. The molecule has 2 aromatic carbocycles. The number of hydrogen-bond donors (Lipinski definition) is 1. The Morgan fingerprint density at radius 1 is 1.03 bits per heavy atom. The number of aromatic nitrogens is 1. The fourth-order valence-electron chi connectivity index (χ4n) is 3.69. The third-order valence-electron chi connectivity index (χ3n) is 5.43. The highest BCUT2D eigenvalue weighted by Gasteiger charge is 2.23. The molecule has 0 fully saturated rings. The lowest BCUT2D eigenvalue weighted by molar-refractivity contribution is -0.132. The molecule has 0 spiro atoms. The first-order valence-corrected chi connectivity index (χ1v) is 12.5. The van der Waals surface area contributed by atoms with Crippen LogP contribution in [0.15, 0.2) is 60.8 Å². The van der Waals surface area contributed by atoms with E-state index in [2.05, 4.69) is 11.1 Å². The number of ether oxygens (including phenoxy) is 1. The molecule has 0 aliphatic rings. The van der Waals surface area contributed by atoms with Gasteiger partial charge in [-0.05, 0) is 30.0 Å². The number of hydrogen-bond acceptors (Lipinski definition) is 4. The van der Waals surface area contributed by atoms with E-state index in [-0.39, 0.29) is 19.0 Å². The number of amides is 1. The maximum Gasteiger partial charge on any atom is 0.238 e. The molecule has 3 rings (SSSR count). The van der Waals surface area contributed by atoms with Crippen LogP contribution in [-0.4, -0.2) is 68.1 Å². The molecular formula is C24H31N3O4S. The van der Waals surface area contributed by atoms with Crippen LogP contribution in [0.1, 0.15) is 17.5 Å². The van der Waals surface area contributed by atoms with E-state index in [9.17, 15) is 13.2 Å². The number of methoxy groups -OCH3 is 1. The quantitative estimate of drug-likeness (QED) is 0.424. The van der Waals surface area contributed by atoms with Crippen LogP contribution in [0.25, 0.3) is 10.9 Å². The number of H-pyrrole nitrogens is 1. The molecule has 1 N–H and O–H groups in total. The van der Waals surface area contributed by atoms with Crippen molar-refractivity contribution in [1.29, 1.82) is 0 Å². The van der Waals surface area contributed by atoms with Crippen molar-refractivity contribution in [3.8, 4) is 0 Å². The van der Waals surface area contributed by atoms with Crippen molar-refractivity contribution in [1.82, 2.24) is 14.2 Å². The molecule has 0 saturated carbocycles. The first-order chi connectivity index (χ1) is 15.4. The van der Waals surface area contributed by atoms with E-state index in [1.54, 1.807) is 12.0 Å². The molecule has 0 unspecified atom stereocenters. The fourth-order valence-corrected chi connectivity index (χ4v) is 4.49. The molecular weight excluding hydrogens is 426 g/mol. The van der Waals surface area contributed by atoms with Gasteiger partial charge in [-0.2, -0.15) is 4.31 Å². The zero-order chi connectivity index (χ0) is 23.0. The second kappa shape index (κ2) is 11.3. The van der Waals surface area contributed by atoms with Gasteiger partial charge in [0.1, 0.15) is 0 Å². The molecule has 1 aromatic heterocycles. The Morgan fingerprint density at radius 2 is 1.75 bits per heavy atom. The molecule has 1 amide bonds. The highest BCUT2D eigenvalue weighted by Crippen LogP contribution is 2.19. The van der Waals surface area contributed by atoms with Gasteiger partial charge >= 0.3 is 0 Å². The number of carbonyl (C=O) groups is 1. The van der Waals surface area contributed by atoms with Gasteiger partial charge in [0.15, 0.2) is 0 Å². The zero-order valence-corrected chi connectivity index (χ0v) is 19.5. The van der Waals surface area contributed by atoms with Gasteiger partial charge < -0.3 is 14.6 Å². The number of para-hydroxylation sites is 1. The smallest absolute Gasteiger partial charge is 0.238 e. The van der Waals surface area contributed by atoms with E-state index in [1.807, 2.05) is 54.7 Å². The highest BCUT2D eigenvalue weighted by atomic mass is 32.2. The van der Waals surface area contributed by atoms with Gasteiger partial charge in [0.25, 0.3) is 0 Å². The maximum absolute atomic E-state index is 13.2. The van der Waals surface area contributed by atoms with Gasteiger partial charge in [0.05, 0.1) is 12.8 Å². The minimum Gasteiger partial charge on any atom is -0.385 e. The van der Waals surface area contributed by atoms with Crippen LogP contribution >= 0.6 is 0 Å². The van der Waals surface area contributed by atoms with Gasteiger partial charge in [0.2, 0.25) is 15.9 Å². The summed E-state index contributed by atoms with van der Waals surface area (Å²) in [7, 11) is -1.94. The second-order valence-electron chi connectivity index (χ2n) is 7.85. The zero-order valence-electron chi connectivity index (χ0n) is 18.7. The number of fused-ring (bicyclic) bond motifs is 1. The number of benzene rings is 2. The highest BCUT2D eigenvalue weighted by molar-refractivity contribution is 7.88. The molecule has 7 nitrogen and oxygen atoms in total. The van der Waals surface area contributed by atoms with E-state index < -0.39 is 10.0 Å². The normalized spacial score (nSPS) is 11.8. The van der Waals surface area contributed by atoms with E-state index in [0.29, 0.717) is 32.5 Å². The minimum absolute atomic E-state index is 0.177. The molecule has 0 bridgehead atoms. The van der Waals surface area contributed by atoms with Crippen LogP contribution in [0.3, 0.4) is 0 Å². The fraction of sp³-hybridized carbons (Fsp3) is 0.375. The van der Waals surface area contributed by atoms with E-state index in [1.165, 1.54) is 4.31 Å². The van der Waals surface area contributed by atoms with Crippen molar-refractivity contribution in [2.24, 2.45) is 0 Å². The lowest BCUT2D eigenvalue weighted by atomic mass is 10.1. The Morgan fingerprint density at radius 3 is 2.47 bits per heavy atom. The van der Waals surface area contributed by atoms with Crippen LogP contribution in [0.2, 0.25) is 0 Å². The van der Waals surface area contributed by atoms with Gasteiger partial charge in [-0.3, -0.25) is 4.79 Å². The van der Waals surface area contributed by atoms with Crippen molar-refractivity contribution < 1.29 is 17.9 Å². The Hall–Kier alpha value is -2.68. The molecule has 172 valence electrons. The van der Waals surface area contributed by atoms with Crippen molar-refractivity contribution in [2.45, 2.75) is 19.4 Å². The van der Waals surface area contributed by atoms with Crippen molar-refractivity contribution >= 4 is 26.8 Å². The Bertz CT molecular complexity index is 1110. The molecule has 32 heavy (non-hydrogen) atoms. The number of carbonyl (C=O) groups excluding carboxylic acids is 1. The van der Waals surface area contributed by atoms with Gasteiger partial charge in [-0.15, -0.1) is 0 Å². The minimum atomic E-state index is -3.51. The van der Waals surface area contributed by atoms with Crippen LogP contribution in [-0.2, 0) is 32.5 Å². The van der Waals surface area contributed by atoms with Crippen LogP contribution in [0, 0.1) is 0 Å². The number of aromatic amines is 1. The third-order valence-corrected chi connectivity index (χ3v) is 6.68. The lowest BCUT2D eigenvalue weighted by Gasteiger charge is -2.26. The maximum atomic E-state index is 13.2. The number of nitrogens with one attached hydrogen (secondary N) is 1. The van der Waals surface area contributed by atoms with Crippen LogP contribution in [0.4, 0.5) is 0 Å². The third kappa shape index (κ3) is 6.66. The Balaban J connectivity index is 1.75. The monoisotopic (exact) mass is 457 g/mol. The summed E-state index contributed by atoms with van der Waals surface area (Å²) < 4.78 is 30.8. The van der Waals surface area contributed by atoms with Crippen molar-refractivity contribution in [3.05, 3.63) is 71.9 Å². The summed E-state index contributed by atoms with van der Waals surface area (Å²) in [6.07, 6.45) is 4.32. The number of rotatable bonds is 12. The molecule has 1 heterocycles. The summed E-state index contributed by atoms with van der Waals surface area (Å²) in [5.41, 5.74) is 3.20. The molecule has 3 aromatic rings. The topological polar surface area (TPSA) is 82.7 Å². The first-order valence-electron chi connectivity index (χ1n) is 10.7. The molecule has 0 atom stereocenters. The SMILES string of the molecule is COCCCN(CC(=O)N(CCc1c[nH]c2ccccc12)Cc1ccccc1)S(C)(=O)=O. The van der Waals surface area contributed by atoms with E-state index >= 15 is 0 Å². The number of sulfonamides is 1. The van der Waals surface area contributed by atoms with Crippen molar-refractivity contribution in [3.63, 3.8) is 0 Å². The van der Waals surface area contributed by atoms with Gasteiger partial charge in [0, 0.05) is 50.5 Å². The Kier molecular flexibility index (Phi) is 8.44. The molecule has 0 radical (unpaired) electrons. The van der Waals surface area contributed by atoms with Crippen molar-refractivity contribution in [2.75, 3.05) is 39.6 Å². The summed E-state index contributed by atoms with van der Waals surface area (Å²) in [6.45, 7) is 1.43. The number of nitrogens with zero attached hydrogens (tertiary/aromatic N) is 2. The predicted molar refractivity (Wildman–Crippen MR) is 127 cm³/mol. The Labute approximate surface area is 190 Å². The predicted octanol–water partition coefficient (Wildman–Crippen LogP) is 3.04. The average molecular weight is 458 g/mol. The molecule has 0 aliphatic carbocycles. The molecule has 0 aliphatic heterocycles. The van der Waals surface area contributed by atoms with E-state index in [0.717, 1.165) is 28.3 Å². The summed E-state index contributed by atoms with van der Waals surface area (Å²) >= 11 is 0. The van der Waals surface area contributed by atoms with Crippen LogP contribution < -0.4 is 0 Å². The van der Waals surface area contributed by atoms with E-state index in [4.69, 9.17) is 4.74 Å². The standard InChI is InChI=1S/C24H31N3O4S/c1-31-16-8-14-27(32(2,29)30)19-24(28)26(18-20-9-4-3-5-10-20)15-13-21-17-25-23-12-7-6-11-22(21)23/h3-7,9-12,17,25H,8,13-16,18-19H2,1-2H3. The second-order valence-corrected chi connectivity index (χ2v) is 9.84. The van der Waals surface area contributed by atoms with Gasteiger partial charge in [-0.25, -0.2) is 8.42 Å². The van der Waals surface area contributed by atoms with Gasteiger partial charge in [-0.1, -0.05) is 48.5 Å². The first kappa shape index (κ1) is 24.0.